The average molecular weight is 293 g/mol. The molecule has 21 heavy (non-hydrogen) atoms. The summed E-state index contributed by atoms with van der Waals surface area (Å²) in [5.41, 5.74) is 1.10. The Morgan fingerprint density at radius 1 is 1.43 bits per heavy atom. The lowest BCUT2D eigenvalue weighted by Gasteiger charge is -2.44. The van der Waals surface area contributed by atoms with Crippen LogP contribution in [-0.4, -0.2) is 48.8 Å². The first-order valence-electron chi connectivity index (χ1n) is 7.58. The Morgan fingerprint density at radius 3 is 2.81 bits per heavy atom. The number of aromatic nitrogens is 1. The van der Waals surface area contributed by atoms with Crippen LogP contribution in [0.3, 0.4) is 0 Å². The molecule has 0 amide bonds. The maximum absolute atomic E-state index is 5.49. The summed E-state index contributed by atoms with van der Waals surface area (Å²) in [5, 5.41) is 3.64. The summed E-state index contributed by atoms with van der Waals surface area (Å²) in [6, 6.07) is 2.31. The summed E-state index contributed by atoms with van der Waals surface area (Å²) in [4.78, 5) is 6.96. The number of nitrogens with one attached hydrogen (secondary N) is 1. The molecule has 2 heterocycles. The predicted octanol–water partition coefficient (Wildman–Crippen LogP) is 2.06. The molecule has 118 valence electrons. The van der Waals surface area contributed by atoms with Gasteiger partial charge in [0.05, 0.1) is 14.2 Å². The summed E-state index contributed by atoms with van der Waals surface area (Å²) in [7, 11) is 3.32. The van der Waals surface area contributed by atoms with Crippen molar-refractivity contribution in [2.24, 2.45) is 0 Å². The van der Waals surface area contributed by atoms with Crippen LogP contribution < -0.4 is 14.8 Å². The van der Waals surface area contributed by atoms with E-state index in [9.17, 15) is 0 Å². The molecule has 5 heteroatoms. The molecule has 0 bridgehead atoms. The van der Waals surface area contributed by atoms with Crippen molar-refractivity contribution >= 4 is 0 Å². The maximum atomic E-state index is 5.49. The van der Waals surface area contributed by atoms with Crippen molar-refractivity contribution in [3.63, 3.8) is 0 Å². The molecule has 0 saturated carbocycles. The fraction of sp³-hybridized carbons (Fsp3) is 0.688. The van der Waals surface area contributed by atoms with Crippen LogP contribution in [0.2, 0.25) is 0 Å². The van der Waals surface area contributed by atoms with Gasteiger partial charge in [0.15, 0.2) is 11.5 Å². The number of pyridine rings is 1. The van der Waals surface area contributed by atoms with Crippen molar-refractivity contribution in [1.29, 1.82) is 0 Å². The second-order valence-electron chi connectivity index (χ2n) is 6.04. The zero-order valence-corrected chi connectivity index (χ0v) is 13.8. The highest BCUT2D eigenvalue weighted by molar-refractivity contribution is 5.42. The van der Waals surface area contributed by atoms with E-state index in [1.54, 1.807) is 20.4 Å². The van der Waals surface area contributed by atoms with Gasteiger partial charge in [-0.1, -0.05) is 6.92 Å². The van der Waals surface area contributed by atoms with E-state index in [1.807, 2.05) is 6.07 Å². The van der Waals surface area contributed by atoms with Gasteiger partial charge in [-0.3, -0.25) is 9.88 Å². The van der Waals surface area contributed by atoms with E-state index in [1.165, 1.54) is 0 Å². The summed E-state index contributed by atoms with van der Waals surface area (Å²) in [6.07, 6.45) is 2.89. The number of methoxy groups -OCH3 is 2. The predicted molar refractivity (Wildman–Crippen MR) is 83.9 cm³/mol. The van der Waals surface area contributed by atoms with Crippen LogP contribution in [0.25, 0.3) is 0 Å². The minimum absolute atomic E-state index is 0.165. The van der Waals surface area contributed by atoms with Gasteiger partial charge < -0.3 is 14.8 Å². The summed E-state index contributed by atoms with van der Waals surface area (Å²) >= 11 is 0. The van der Waals surface area contributed by atoms with Crippen molar-refractivity contribution in [3.8, 4) is 11.5 Å². The van der Waals surface area contributed by atoms with Crippen molar-refractivity contribution in [2.45, 2.75) is 45.3 Å². The van der Waals surface area contributed by atoms with Crippen molar-refractivity contribution in [2.75, 3.05) is 27.3 Å². The smallest absolute Gasteiger partial charge is 0.183 e. The Morgan fingerprint density at radius 2 is 2.19 bits per heavy atom. The average Bonchev–Trinajstić information content (AvgIpc) is 2.50. The molecule has 2 unspecified atom stereocenters. The van der Waals surface area contributed by atoms with Crippen LogP contribution >= 0.6 is 0 Å². The lowest BCUT2D eigenvalue weighted by molar-refractivity contribution is 0.0845. The van der Waals surface area contributed by atoms with Gasteiger partial charge in [0.1, 0.15) is 5.69 Å². The molecule has 1 aromatic rings. The third-order valence-corrected chi connectivity index (χ3v) is 4.50. The second-order valence-corrected chi connectivity index (χ2v) is 6.04. The number of piperazine rings is 1. The lowest BCUT2D eigenvalue weighted by atomic mass is 9.93. The highest BCUT2D eigenvalue weighted by Gasteiger charge is 2.33. The third-order valence-electron chi connectivity index (χ3n) is 4.50. The van der Waals surface area contributed by atoms with Gasteiger partial charge in [-0.25, -0.2) is 0 Å². The molecular formula is C16H27N3O2. The van der Waals surface area contributed by atoms with E-state index in [2.05, 4.69) is 36.0 Å². The molecule has 2 atom stereocenters. The van der Waals surface area contributed by atoms with E-state index < -0.39 is 0 Å². The van der Waals surface area contributed by atoms with E-state index in [0.717, 1.165) is 43.2 Å². The lowest BCUT2D eigenvalue weighted by Crippen LogP contribution is -2.61. The van der Waals surface area contributed by atoms with Gasteiger partial charge in [0, 0.05) is 43.5 Å². The van der Waals surface area contributed by atoms with Gasteiger partial charge in [-0.05, 0) is 20.3 Å². The molecule has 1 aromatic heterocycles. The molecule has 1 fully saturated rings. The Bertz CT molecular complexity index is 481. The number of ether oxygens (including phenoxy) is 2. The summed E-state index contributed by atoms with van der Waals surface area (Å²) < 4.78 is 10.9. The fourth-order valence-corrected chi connectivity index (χ4v) is 2.79. The molecule has 0 aromatic carbocycles. The molecular weight excluding hydrogens is 266 g/mol. The van der Waals surface area contributed by atoms with Gasteiger partial charge in [-0.2, -0.15) is 0 Å². The first-order valence-corrected chi connectivity index (χ1v) is 7.58. The molecule has 0 aliphatic carbocycles. The minimum Gasteiger partial charge on any atom is -0.493 e. The van der Waals surface area contributed by atoms with Crippen LogP contribution in [0, 0.1) is 0 Å². The van der Waals surface area contributed by atoms with Crippen LogP contribution in [0.1, 0.15) is 32.9 Å². The fourth-order valence-electron chi connectivity index (χ4n) is 2.79. The van der Waals surface area contributed by atoms with E-state index >= 15 is 0 Å². The van der Waals surface area contributed by atoms with E-state index in [0.29, 0.717) is 6.04 Å². The highest BCUT2D eigenvalue weighted by atomic mass is 16.5. The monoisotopic (exact) mass is 293 g/mol. The van der Waals surface area contributed by atoms with Crippen molar-refractivity contribution in [1.82, 2.24) is 15.2 Å². The molecule has 0 radical (unpaired) electrons. The Balaban J connectivity index is 2.20. The number of hydrogen-bond acceptors (Lipinski definition) is 5. The Hall–Kier alpha value is -1.33. The SMILES string of the molecule is CCC1(C)CN(Cc2nccc(OC)c2OC)C(C)CN1. The highest BCUT2D eigenvalue weighted by Crippen LogP contribution is 2.31. The summed E-state index contributed by atoms with van der Waals surface area (Å²) in [6.45, 7) is 9.53. The minimum atomic E-state index is 0.165. The van der Waals surface area contributed by atoms with E-state index in [4.69, 9.17) is 9.47 Å². The molecule has 1 aliphatic rings. The maximum Gasteiger partial charge on any atom is 0.183 e. The number of rotatable bonds is 5. The van der Waals surface area contributed by atoms with Crippen molar-refractivity contribution < 1.29 is 9.47 Å². The van der Waals surface area contributed by atoms with Gasteiger partial charge in [-0.15, -0.1) is 0 Å². The first kappa shape index (κ1) is 16.0. The first-order chi connectivity index (χ1) is 10.0. The van der Waals surface area contributed by atoms with Crippen LogP contribution in [0.4, 0.5) is 0 Å². The second kappa shape index (κ2) is 6.62. The molecule has 1 saturated heterocycles. The summed E-state index contributed by atoms with van der Waals surface area (Å²) in [5.74, 6) is 1.48. The van der Waals surface area contributed by atoms with Crippen molar-refractivity contribution in [3.05, 3.63) is 18.0 Å². The van der Waals surface area contributed by atoms with Crippen LogP contribution in [-0.2, 0) is 6.54 Å². The van der Waals surface area contributed by atoms with Crippen LogP contribution in [0.15, 0.2) is 12.3 Å². The van der Waals surface area contributed by atoms with Crippen LogP contribution in [0.5, 0.6) is 11.5 Å². The topological polar surface area (TPSA) is 46.6 Å². The Labute approximate surface area is 127 Å². The Kier molecular flexibility index (Phi) is 5.06. The zero-order chi connectivity index (χ0) is 15.5. The molecule has 1 N–H and O–H groups in total. The molecule has 5 nitrogen and oxygen atoms in total. The molecule has 2 rings (SSSR count). The van der Waals surface area contributed by atoms with Gasteiger partial charge >= 0.3 is 0 Å². The molecule has 1 aliphatic heterocycles. The zero-order valence-electron chi connectivity index (χ0n) is 13.8. The number of hydrogen-bond donors (Lipinski definition) is 1. The number of nitrogens with zero attached hydrogens (tertiary/aromatic N) is 2. The molecule has 0 spiro atoms. The van der Waals surface area contributed by atoms with Gasteiger partial charge in [0.25, 0.3) is 0 Å². The largest absolute Gasteiger partial charge is 0.493 e. The standard InChI is InChI=1S/C16H27N3O2/c1-6-16(3)11-19(12(2)9-18-16)10-13-15(21-5)14(20-4)7-8-17-13/h7-8,12,18H,6,9-11H2,1-5H3. The van der Waals surface area contributed by atoms with E-state index in [-0.39, 0.29) is 5.54 Å². The normalized spacial score (nSPS) is 26.6. The quantitative estimate of drug-likeness (QED) is 0.900. The third kappa shape index (κ3) is 3.47. The van der Waals surface area contributed by atoms with Gasteiger partial charge in [0.2, 0.25) is 0 Å².